The molecule has 2 rings (SSSR count). The third kappa shape index (κ3) is 3.12. The van der Waals surface area contributed by atoms with Gasteiger partial charge in [-0.2, -0.15) is 5.11 Å². The van der Waals surface area contributed by atoms with Crippen LogP contribution in [0.3, 0.4) is 0 Å². The van der Waals surface area contributed by atoms with E-state index in [9.17, 15) is 5.11 Å². The van der Waals surface area contributed by atoms with Crippen LogP contribution in [0.5, 0.6) is 11.5 Å². The molecule has 0 bridgehead atoms. The van der Waals surface area contributed by atoms with E-state index in [1.165, 1.54) is 0 Å². The number of azo groups is 1. The van der Waals surface area contributed by atoms with E-state index in [0.717, 1.165) is 5.56 Å². The van der Waals surface area contributed by atoms with Crippen molar-refractivity contribution in [1.29, 1.82) is 0 Å². The molecule has 0 unspecified atom stereocenters. The molecule has 7 nitrogen and oxygen atoms in total. The van der Waals surface area contributed by atoms with Crippen molar-refractivity contribution in [3.8, 4) is 11.5 Å². The van der Waals surface area contributed by atoms with Gasteiger partial charge in [0.15, 0.2) is 0 Å². The van der Waals surface area contributed by atoms with E-state index in [2.05, 4.69) is 20.2 Å². The number of aliphatic hydroxyl groups is 1. The number of aliphatic hydroxyl groups excluding tert-OH is 1. The second-order valence-corrected chi connectivity index (χ2v) is 3.95. The van der Waals surface area contributed by atoms with Crippen molar-refractivity contribution in [1.82, 2.24) is 9.97 Å². The van der Waals surface area contributed by atoms with Crippen LogP contribution in [0.2, 0.25) is 0 Å². The van der Waals surface area contributed by atoms with Gasteiger partial charge in [0.25, 0.3) is 0 Å². The molecule has 2 N–H and O–H groups in total. The molecular formula is C13H16N4O3. The number of imidazole rings is 1. The largest absolute Gasteiger partial charge is 0.496 e. The predicted octanol–water partition coefficient (Wildman–Crippen LogP) is 2.20. The summed E-state index contributed by atoms with van der Waals surface area (Å²) in [6.07, 6.45) is 3.28. The average molecular weight is 276 g/mol. The summed E-state index contributed by atoms with van der Waals surface area (Å²) >= 11 is 0. The van der Waals surface area contributed by atoms with Gasteiger partial charge in [0.05, 0.1) is 32.9 Å². The molecule has 0 atom stereocenters. The molecule has 0 fully saturated rings. The van der Waals surface area contributed by atoms with Gasteiger partial charge in [-0.05, 0) is 17.7 Å². The second kappa shape index (κ2) is 6.67. The SMILES string of the molecule is COc1cc(CN=Nc2ncc[nH]2)cc(OC)c1CO. The Bertz CT molecular complexity index is 556. The van der Waals surface area contributed by atoms with Crippen molar-refractivity contribution in [3.05, 3.63) is 35.7 Å². The molecule has 0 aliphatic heterocycles. The molecule has 1 heterocycles. The monoisotopic (exact) mass is 276 g/mol. The number of nitrogens with zero attached hydrogens (tertiary/aromatic N) is 3. The van der Waals surface area contributed by atoms with Crippen molar-refractivity contribution in [2.75, 3.05) is 14.2 Å². The minimum absolute atomic E-state index is 0.152. The van der Waals surface area contributed by atoms with Gasteiger partial charge in [0.2, 0.25) is 5.95 Å². The first-order chi connectivity index (χ1) is 9.78. The lowest BCUT2D eigenvalue weighted by atomic mass is 10.1. The lowest BCUT2D eigenvalue weighted by Gasteiger charge is -2.12. The van der Waals surface area contributed by atoms with E-state index < -0.39 is 0 Å². The van der Waals surface area contributed by atoms with Crippen LogP contribution in [0.1, 0.15) is 11.1 Å². The number of hydrogen-bond donors (Lipinski definition) is 2. The molecule has 0 radical (unpaired) electrons. The molecule has 1 aromatic heterocycles. The smallest absolute Gasteiger partial charge is 0.246 e. The van der Waals surface area contributed by atoms with Gasteiger partial charge < -0.3 is 19.6 Å². The second-order valence-electron chi connectivity index (χ2n) is 3.95. The molecule has 20 heavy (non-hydrogen) atoms. The van der Waals surface area contributed by atoms with E-state index in [4.69, 9.17) is 9.47 Å². The zero-order valence-electron chi connectivity index (χ0n) is 11.3. The Morgan fingerprint density at radius 2 is 1.95 bits per heavy atom. The number of hydrogen-bond acceptors (Lipinski definition) is 6. The summed E-state index contributed by atoms with van der Waals surface area (Å²) < 4.78 is 10.5. The van der Waals surface area contributed by atoms with Gasteiger partial charge >= 0.3 is 0 Å². The van der Waals surface area contributed by atoms with Crippen LogP contribution in [-0.2, 0) is 13.2 Å². The maximum atomic E-state index is 9.34. The molecule has 0 aliphatic carbocycles. The molecule has 2 aromatic rings. The summed E-state index contributed by atoms with van der Waals surface area (Å²) in [5, 5.41) is 17.3. The Morgan fingerprint density at radius 3 is 2.45 bits per heavy atom. The van der Waals surface area contributed by atoms with E-state index in [1.807, 2.05) is 0 Å². The fourth-order valence-corrected chi connectivity index (χ4v) is 1.78. The van der Waals surface area contributed by atoms with E-state index in [1.54, 1.807) is 38.7 Å². The highest BCUT2D eigenvalue weighted by molar-refractivity contribution is 5.47. The van der Waals surface area contributed by atoms with Crippen LogP contribution in [0, 0.1) is 0 Å². The first-order valence-electron chi connectivity index (χ1n) is 6.00. The van der Waals surface area contributed by atoms with Gasteiger partial charge in [-0.25, -0.2) is 4.98 Å². The maximum absolute atomic E-state index is 9.34. The van der Waals surface area contributed by atoms with E-state index >= 15 is 0 Å². The van der Waals surface area contributed by atoms with Crippen molar-refractivity contribution >= 4 is 5.95 Å². The molecular weight excluding hydrogens is 260 g/mol. The first kappa shape index (κ1) is 14.0. The van der Waals surface area contributed by atoms with Crippen molar-refractivity contribution in [2.24, 2.45) is 10.2 Å². The third-order valence-electron chi connectivity index (χ3n) is 2.73. The highest BCUT2D eigenvalue weighted by Gasteiger charge is 2.11. The Morgan fingerprint density at radius 1 is 1.25 bits per heavy atom. The van der Waals surface area contributed by atoms with Gasteiger partial charge in [-0.15, -0.1) is 5.11 Å². The van der Waals surface area contributed by atoms with Crippen LogP contribution in [-0.4, -0.2) is 29.3 Å². The van der Waals surface area contributed by atoms with Crippen LogP contribution in [0.25, 0.3) is 0 Å². The number of nitrogens with one attached hydrogen (secondary N) is 1. The minimum Gasteiger partial charge on any atom is -0.496 e. The Labute approximate surface area is 116 Å². The Hall–Kier alpha value is -2.41. The number of aromatic nitrogens is 2. The van der Waals surface area contributed by atoms with Crippen LogP contribution < -0.4 is 9.47 Å². The molecule has 0 saturated heterocycles. The topological polar surface area (TPSA) is 92.1 Å². The van der Waals surface area contributed by atoms with E-state index in [0.29, 0.717) is 29.6 Å². The summed E-state index contributed by atoms with van der Waals surface area (Å²) in [7, 11) is 3.09. The lowest BCUT2D eigenvalue weighted by molar-refractivity contribution is 0.265. The summed E-state index contributed by atoms with van der Waals surface area (Å²) in [6, 6.07) is 3.60. The fourth-order valence-electron chi connectivity index (χ4n) is 1.78. The third-order valence-corrected chi connectivity index (χ3v) is 2.73. The van der Waals surface area contributed by atoms with Gasteiger partial charge in [0.1, 0.15) is 11.5 Å². The van der Waals surface area contributed by atoms with Crippen LogP contribution >= 0.6 is 0 Å². The van der Waals surface area contributed by atoms with Crippen molar-refractivity contribution < 1.29 is 14.6 Å². The summed E-state index contributed by atoms with van der Waals surface area (Å²) in [5.41, 5.74) is 1.48. The summed E-state index contributed by atoms with van der Waals surface area (Å²) in [5.74, 6) is 1.58. The number of benzene rings is 1. The average Bonchev–Trinajstić information content (AvgIpc) is 2.99. The molecule has 1 aromatic carbocycles. The zero-order valence-corrected chi connectivity index (χ0v) is 11.3. The molecule has 106 valence electrons. The molecule has 7 heteroatoms. The number of H-pyrrole nitrogens is 1. The number of aromatic amines is 1. The lowest BCUT2D eigenvalue weighted by Crippen LogP contribution is -1.98. The van der Waals surface area contributed by atoms with Crippen molar-refractivity contribution in [3.63, 3.8) is 0 Å². The van der Waals surface area contributed by atoms with Crippen LogP contribution in [0.15, 0.2) is 34.8 Å². The van der Waals surface area contributed by atoms with Gasteiger partial charge in [0, 0.05) is 12.4 Å². The van der Waals surface area contributed by atoms with E-state index in [-0.39, 0.29) is 6.61 Å². The minimum atomic E-state index is -0.152. The molecule has 0 saturated carbocycles. The number of methoxy groups -OCH3 is 2. The molecule has 0 spiro atoms. The highest BCUT2D eigenvalue weighted by atomic mass is 16.5. The van der Waals surface area contributed by atoms with Crippen molar-refractivity contribution in [2.45, 2.75) is 13.2 Å². The molecule has 0 aliphatic rings. The number of ether oxygens (including phenoxy) is 2. The van der Waals surface area contributed by atoms with Gasteiger partial charge in [-0.3, -0.25) is 0 Å². The normalized spacial score (nSPS) is 10.9. The van der Waals surface area contributed by atoms with Gasteiger partial charge in [-0.1, -0.05) is 0 Å². The Kier molecular flexibility index (Phi) is 4.67. The summed E-state index contributed by atoms with van der Waals surface area (Å²) in [6.45, 7) is 0.208. The standard InChI is InChI=1S/C13H16N4O3/c1-19-11-5-9(6-12(20-2)10(11)8-18)7-16-17-13-14-3-4-15-13/h3-6,18H,7-8H2,1-2H3,(H,14,15). The Balaban J connectivity index is 2.19. The molecule has 0 amide bonds. The predicted molar refractivity (Wildman–Crippen MR) is 72.3 cm³/mol. The maximum Gasteiger partial charge on any atom is 0.246 e. The highest BCUT2D eigenvalue weighted by Crippen LogP contribution is 2.30. The number of rotatable bonds is 6. The van der Waals surface area contributed by atoms with Crippen LogP contribution in [0.4, 0.5) is 5.95 Å². The quantitative estimate of drug-likeness (QED) is 0.791. The fraction of sp³-hybridized carbons (Fsp3) is 0.308. The first-order valence-corrected chi connectivity index (χ1v) is 6.00. The zero-order chi connectivity index (χ0) is 14.4. The summed E-state index contributed by atoms with van der Waals surface area (Å²) in [4.78, 5) is 6.78.